The molecule has 3 atom stereocenters. The Bertz CT molecular complexity index is 364. The van der Waals surface area contributed by atoms with Crippen molar-refractivity contribution < 1.29 is 9.50 Å². The summed E-state index contributed by atoms with van der Waals surface area (Å²) in [6.07, 6.45) is 5.35. The van der Waals surface area contributed by atoms with Crippen molar-refractivity contribution in [1.82, 2.24) is 0 Å². The molecule has 0 aromatic heterocycles. The average Bonchev–Trinajstić information content (AvgIpc) is 2.77. The lowest BCUT2D eigenvalue weighted by molar-refractivity contribution is 0.108. The van der Waals surface area contributed by atoms with E-state index in [9.17, 15) is 9.50 Å². The van der Waals surface area contributed by atoms with Crippen molar-refractivity contribution in [2.75, 3.05) is 0 Å². The number of aliphatic hydroxyl groups is 1. The molecule has 1 aliphatic carbocycles. The van der Waals surface area contributed by atoms with E-state index >= 15 is 0 Å². The van der Waals surface area contributed by atoms with Gasteiger partial charge in [-0.25, -0.2) is 4.39 Å². The maximum atomic E-state index is 13.1. The first-order chi connectivity index (χ1) is 8.20. The highest BCUT2D eigenvalue weighted by Gasteiger charge is 2.30. The molecule has 1 N–H and O–H groups in total. The summed E-state index contributed by atoms with van der Waals surface area (Å²) in [5, 5.41) is 10.3. The normalized spacial score (nSPS) is 26.1. The van der Waals surface area contributed by atoms with Gasteiger partial charge in [0.15, 0.2) is 0 Å². The van der Waals surface area contributed by atoms with Gasteiger partial charge in [-0.15, -0.1) is 0 Å². The molecule has 1 fully saturated rings. The molecular weight excluding hydrogens is 215 g/mol. The van der Waals surface area contributed by atoms with Crippen molar-refractivity contribution in [3.8, 4) is 0 Å². The number of hydrogen-bond acceptors (Lipinski definition) is 1. The zero-order valence-electron chi connectivity index (χ0n) is 10.4. The predicted octanol–water partition coefficient (Wildman–Crippen LogP) is 4.08. The Morgan fingerprint density at radius 1 is 1.41 bits per heavy atom. The van der Waals surface area contributed by atoms with Gasteiger partial charge in [0.25, 0.3) is 0 Å². The Labute approximate surface area is 103 Å². The van der Waals surface area contributed by atoms with Crippen LogP contribution in [-0.2, 0) is 0 Å². The van der Waals surface area contributed by atoms with Crippen LogP contribution < -0.4 is 0 Å². The molecule has 1 aromatic rings. The molecule has 2 heteroatoms. The van der Waals surface area contributed by atoms with Gasteiger partial charge in [0, 0.05) is 0 Å². The van der Waals surface area contributed by atoms with Gasteiger partial charge in [-0.3, -0.25) is 0 Å². The minimum absolute atomic E-state index is 0.260. The van der Waals surface area contributed by atoms with E-state index in [0.29, 0.717) is 5.92 Å². The largest absolute Gasteiger partial charge is 0.388 e. The van der Waals surface area contributed by atoms with Crippen LogP contribution in [0.4, 0.5) is 4.39 Å². The van der Waals surface area contributed by atoms with E-state index in [1.54, 1.807) is 6.07 Å². The maximum Gasteiger partial charge on any atom is 0.123 e. The van der Waals surface area contributed by atoms with Crippen LogP contribution in [0.15, 0.2) is 24.3 Å². The Balaban J connectivity index is 1.99. The molecule has 17 heavy (non-hydrogen) atoms. The van der Waals surface area contributed by atoms with Gasteiger partial charge in [0.05, 0.1) is 6.10 Å². The second kappa shape index (κ2) is 5.63. The van der Waals surface area contributed by atoms with Crippen LogP contribution >= 0.6 is 0 Å². The molecular formula is C15H21FO. The number of hydrogen-bond donors (Lipinski definition) is 1. The topological polar surface area (TPSA) is 20.2 Å². The number of aliphatic hydroxyl groups excluding tert-OH is 1. The van der Waals surface area contributed by atoms with Crippen molar-refractivity contribution in [2.24, 2.45) is 11.8 Å². The van der Waals surface area contributed by atoms with Gasteiger partial charge < -0.3 is 5.11 Å². The number of rotatable bonds is 4. The van der Waals surface area contributed by atoms with Gasteiger partial charge in [0.2, 0.25) is 0 Å². The molecule has 94 valence electrons. The van der Waals surface area contributed by atoms with E-state index in [0.717, 1.165) is 24.3 Å². The van der Waals surface area contributed by atoms with Crippen LogP contribution in [0.3, 0.4) is 0 Å². The first-order valence-electron chi connectivity index (χ1n) is 6.64. The molecule has 0 saturated heterocycles. The predicted molar refractivity (Wildman–Crippen MR) is 67.1 cm³/mol. The molecule has 0 spiro atoms. The van der Waals surface area contributed by atoms with E-state index in [1.807, 2.05) is 6.07 Å². The Kier molecular flexibility index (Phi) is 4.16. The highest BCUT2D eigenvalue weighted by Crippen LogP contribution is 2.40. The molecule has 1 saturated carbocycles. The van der Waals surface area contributed by atoms with Crippen LogP contribution in [0.1, 0.15) is 50.7 Å². The van der Waals surface area contributed by atoms with Gasteiger partial charge in [-0.2, -0.15) is 0 Å². The van der Waals surface area contributed by atoms with E-state index in [4.69, 9.17) is 0 Å². The molecule has 0 bridgehead atoms. The van der Waals surface area contributed by atoms with Crippen molar-refractivity contribution in [1.29, 1.82) is 0 Å². The van der Waals surface area contributed by atoms with E-state index < -0.39 is 6.10 Å². The Morgan fingerprint density at radius 2 is 2.24 bits per heavy atom. The number of halogens is 1. The van der Waals surface area contributed by atoms with Gasteiger partial charge >= 0.3 is 0 Å². The van der Waals surface area contributed by atoms with Crippen LogP contribution in [0.5, 0.6) is 0 Å². The second-order valence-corrected chi connectivity index (χ2v) is 5.23. The fraction of sp³-hybridized carbons (Fsp3) is 0.600. The van der Waals surface area contributed by atoms with E-state index in [2.05, 4.69) is 6.92 Å². The minimum atomic E-state index is -0.493. The van der Waals surface area contributed by atoms with Crippen molar-refractivity contribution in [3.05, 3.63) is 35.6 Å². The molecule has 1 aromatic carbocycles. The summed E-state index contributed by atoms with van der Waals surface area (Å²) in [6.45, 7) is 2.20. The molecule has 0 radical (unpaired) electrons. The summed E-state index contributed by atoms with van der Waals surface area (Å²) in [7, 11) is 0. The van der Waals surface area contributed by atoms with Gasteiger partial charge in [-0.1, -0.05) is 38.3 Å². The SMILES string of the molecule is CCC[C@@H]1CC[C@H]([C@@H](O)c2cccc(F)c2)C1. The summed E-state index contributed by atoms with van der Waals surface area (Å²) in [6, 6.07) is 6.37. The first kappa shape index (κ1) is 12.6. The standard InChI is InChI=1S/C15H21FO/c1-2-4-11-7-8-13(9-11)15(17)12-5-3-6-14(16)10-12/h3,5-6,10-11,13,15,17H,2,4,7-9H2,1H3/t11-,13+,15+/m1/s1. The second-order valence-electron chi connectivity index (χ2n) is 5.23. The van der Waals surface area contributed by atoms with Crippen LogP contribution in [0.2, 0.25) is 0 Å². The van der Waals surface area contributed by atoms with Gasteiger partial charge in [0.1, 0.15) is 5.82 Å². The van der Waals surface area contributed by atoms with Crippen LogP contribution in [0.25, 0.3) is 0 Å². The monoisotopic (exact) mass is 236 g/mol. The molecule has 2 rings (SSSR count). The highest BCUT2D eigenvalue weighted by molar-refractivity contribution is 5.19. The van der Waals surface area contributed by atoms with Crippen LogP contribution in [0, 0.1) is 17.7 Å². The van der Waals surface area contributed by atoms with Crippen LogP contribution in [-0.4, -0.2) is 5.11 Å². The minimum Gasteiger partial charge on any atom is -0.388 e. The highest BCUT2D eigenvalue weighted by atomic mass is 19.1. The summed E-state index contributed by atoms with van der Waals surface area (Å²) in [5.74, 6) is 0.811. The number of benzene rings is 1. The summed E-state index contributed by atoms with van der Waals surface area (Å²) < 4.78 is 13.1. The zero-order valence-corrected chi connectivity index (χ0v) is 10.4. The lowest BCUT2D eigenvalue weighted by Crippen LogP contribution is -2.10. The molecule has 0 aliphatic heterocycles. The third-order valence-electron chi connectivity index (χ3n) is 3.92. The fourth-order valence-corrected chi connectivity index (χ4v) is 3.03. The quantitative estimate of drug-likeness (QED) is 0.835. The Morgan fingerprint density at radius 3 is 2.94 bits per heavy atom. The smallest absolute Gasteiger partial charge is 0.123 e. The average molecular weight is 236 g/mol. The molecule has 1 nitrogen and oxygen atoms in total. The van der Waals surface area contributed by atoms with Crippen molar-refractivity contribution in [3.63, 3.8) is 0 Å². The third-order valence-corrected chi connectivity index (χ3v) is 3.92. The maximum absolute atomic E-state index is 13.1. The van der Waals surface area contributed by atoms with Crippen molar-refractivity contribution >= 4 is 0 Å². The fourth-order valence-electron chi connectivity index (χ4n) is 3.03. The molecule has 1 aliphatic rings. The lowest BCUT2D eigenvalue weighted by atomic mass is 9.92. The zero-order chi connectivity index (χ0) is 12.3. The van der Waals surface area contributed by atoms with E-state index in [1.165, 1.54) is 31.4 Å². The van der Waals surface area contributed by atoms with Crippen molar-refractivity contribution in [2.45, 2.75) is 45.1 Å². The summed E-state index contributed by atoms with van der Waals surface area (Å²) in [4.78, 5) is 0. The lowest BCUT2D eigenvalue weighted by Gasteiger charge is -2.18. The van der Waals surface area contributed by atoms with E-state index in [-0.39, 0.29) is 5.82 Å². The molecule has 0 unspecified atom stereocenters. The first-order valence-corrected chi connectivity index (χ1v) is 6.64. The summed E-state index contributed by atoms with van der Waals surface area (Å²) in [5.41, 5.74) is 0.729. The Hall–Kier alpha value is -0.890. The molecule has 0 amide bonds. The third kappa shape index (κ3) is 3.06. The summed E-state index contributed by atoms with van der Waals surface area (Å²) >= 11 is 0. The molecule has 0 heterocycles. The van der Waals surface area contributed by atoms with Gasteiger partial charge in [-0.05, 0) is 42.4 Å².